The van der Waals surface area contributed by atoms with Crippen LogP contribution in [0.25, 0.3) is 0 Å². The van der Waals surface area contributed by atoms with Gasteiger partial charge < -0.3 is 5.11 Å². The molecule has 4 heteroatoms. The number of likely N-dealkylation sites (N-methyl/N-ethyl adjacent to an activating group) is 1. The summed E-state index contributed by atoms with van der Waals surface area (Å²) >= 11 is 0. The van der Waals surface area contributed by atoms with Crippen LogP contribution in [0.15, 0.2) is 48.5 Å². The maximum absolute atomic E-state index is 13.4. The molecular weight excluding hydrogens is 281 g/mol. The number of rotatable bonds is 6. The van der Waals surface area contributed by atoms with Gasteiger partial charge in [-0.1, -0.05) is 42.5 Å². The van der Waals surface area contributed by atoms with Gasteiger partial charge in [-0.05, 0) is 43.1 Å². The Balaban J connectivity index is 2.13. The van der Waals surface area contributed by atoms with Crippen LogP contribution in [0.3, 0.4) is 0 Å². The fraction of sp³-hybridized carbons (Fsp3) is 0.278. The molecule has 0 saturated carbocycles. The van der Waals surface area contributed by atoms with Gasteiger partial charge in [-0.15, -0.1) is 0 Å². The number of carbonyl (C=O) groups is 1. The molecule has 0 saturated heterocycles. The highest BCUT2D eigenvalue weighted by Crippen LogP contribution is 2.22. The smallest absolute Gasteiger partial charge is 0.325 e. The summed E-state index contributed by atoms with van der Waals surface area (Å²) in [6, 6.07) is 13.6. The quantitative estimate of drug-likeness (QED) is 0.888. The number of hydrogen-bond acceptors (Lipinski definition) is 2. The number of carboxylic acids is 1. The van der Waals surface area contributed by atoms with Gasteiger partial charge >= 0.3 is 5.97 Å². The molecule has 0 radical (unpaired) electrons. The first-order chi connectivity index (χ1) is 10.5. The third-order valence-corrected chi connectivity index (χ3v) is 3.77. The fourth-order valence-corrected chi connectivity index (χ4v) is 2.50. The minimum atomic E-state index is -0.929. The van der Waals surface area contributed by atoms with Crippen molar-refractivity contribution in [2.45, 2.75) is 19.4 Å². The summed E-state index contributed by atoms with van der Waals surface area (Å²) in [6.45, 7) is 2.25. The van der Waals surface area contributed by atoms with Crippen molar-refractivity contribution in [3.8, 4) is 0 Å². The predicted molar refractivity (Wildman–Crippen MR) is 84.3 cm³/mol. The zero-order chi connectivity index (χ0) is 16.1. The van der Waals surface area contributed by atoms with Gasteiger partial charge in [0, 0.05) is 6.54 Å². The minimum absolute atomic E-state index is 0.320. The lowest BCUT2D eigenvalue weighted by molar-refractivity contribution is -0.143. The Morgan fingerprint density at radius 3 is 2.50 bits per heavy atom. The lowest BCUT2D eigenvalue weighted by Gasteiger charge is -2.25. The molecule has 3 nitrogen and oxygen atoms in total. The van der Waals surface area contributed by atoms with Crippen LogP contribution in [0.4, 0.5) is 4.39 Å². The number of nitrogens with zero attached hydrogens (tertiary/aromatic N) is 1. The van der Waals surface area contributed by atoms with Crippen LogP contribution in [0.5, 0.6) is 0 Å². The first kappa shape index (κ1) is 16.2. The fourth-order valence-electron chi connectivity index (χ4n) is 2.50. The molecule has 2 aromatic rings. The molecule has 0 fully saturated rings. The molecule has 0 bridgehead atoms. The van der Waals surface area contributed by atoms with E-state index in [1.54, 1.807) is 31.0 Å². The van der Waals surface area contributed by atoms with E-state index in [0.29, 0.717) is 17.7 Å². The molecular formula is C18H20FNO2. The summed E-state index contributed by atoms with van der Waals surface area (Å²) in [5.41, 5.74) is 2.22. The molecule has 0 heterocycles. The first-order valence-electron chi connectivity index (χ1n) is 7.22. The Morgan fingerprint density at radius 2 is 1.91 bits per heavy atom. The van der Waals surface area contributed by atoms with Gasteiger partial charge in [-0.25, -0.2) is 4.39 Å². The summed E-state index contributed by atoms with van der Waals surface area (Å²) in [4.78, 5) is 13.4. The van der Waals surface area contributed by atoms with Crippen molar-refractivity contribution in [1.29, 1.82) is 0 Å². The number of hydrogen-bond donors (Lipinski definition) is 1. The van der Waals surface area contributed by atoms with Crippen molar-refractivity contribution in [1.82, 2.24) is 4.90 Å². The second-order valence-electron chi connectivity index (χ2n) is 5.47. The van der Waals surface area contributed by atoms with E-state index in [4.69, 9.17) is 0 Å². The maximum Gasteiger partial charge on any atom is 0.325 e. The van der Waals surface area contributed by atoms with E-state index in [2.05, 4.69) is 0 Å². The summed E-state index contributed by atoms with van der Waals surface area (Å²) in [7, 11) is 1.78. The van der Waals surface area contributed by atoms with Crippen molar-refractivity contribution in [3.63, 3.8) is 0 Å². The molecule has 1 N–H and O–H groups in total. The van der Waals surface area contributed by atoms with Crippen LogP contribution in [0, 0.1) is 12.7 Å². The molecule has 1 atom stereocenters. The molecule has 0 aliphatic carbocycles. The van der Waals surface area contributed by atoms with Gasteiger partial charge in [-0.3, -0.25) is 9.69 Å². The SMILES string of the molecule is Cc1cc(C(C(=O)O)N(C)CCc2ccccc2)ccc1F. The normalized spacial score (nSPS) is 12.4. The Labute approximate surface area is 130 Å². The maximum atomic E-state index is 13.4. The van der Waals surface area contributed by atoms with Crippen molar-refractivity contribution in [3.05, 3.63) is 71.0 Å². The van der Waals surface area contributed by atoms with E-state index < -0.39 is 12.0 Å². The second kappa shape index (κ2) is 7.18. The summed E-state index contributed by atoms with van der Waals surface area (Å²) < 4.78 is 13.4. The van der Waals surface area contributed by atoms with E-state index in [1.165, 1.54) is 6.07 Å². The lowest BCUT2D eigenvalue weighted by Crippen LogP contribution is -2.32. The summed E-state index contributed by atoms with van der Waals surface area (Å²) in [5, 5.41) is 9.52. The van der Waals surface area contributed by atoms with Crippen molar-refractivity contribution in [2.24, 2.45) is 0 Å². The number of benzene rings is 2. The van der Waals surface area contributed by atoms with Crippen LogP contribution in [-0.4, -0.2) is 29.6 Å². The third-order valence-electron chi connectivity index (χ3n) is 3.77. The molecule has 0 aromatic heterocycles. The van der Waals surface area contributed by atoms with Crippen LogP contribution in [0.2, 0.25) is 0 Å². The number of halogens is 1. The molecule has 0 amide bonds. The molecule has 2 rings (SSSR count). The van der Waals surface area contributed by atoms with Gasteiger partial charge in [0.1, 0.15) is 11.9 Å². The third kappa shape index (κ3) is 3.92. The van der Waals surface area contributed by atoms with Crippen molar-refractivity contribution >= 4 is 5.97 Å². The highest BCUT2D eigenvalue weighted by Gasteiger charge is 2.24. The van der Waals surface area contributed by atoms with Crippen molar-refractivity contribution < 1.29 is 14.3 Å². The van der Waals surface area contributed by atoms with Crippen molar-refractivity contribution in [2.75, 3.05) is 13.6 Å². The topological polar surface area (TPSA) is 40.5 Å². The van der Waals surface area contributed by atoms with Gasteiger partial charge in [0.25, 0.3) is 0 Å². The zero-order valence-electron chi connectivity index (χ0n) is 12.8. The minimum Gasteiger partial charge on any atom is -0.480 e. The van der Waals surface area contributed by atoms with E-state index in [0.717, 1.165) is 12.0 Å². The molecule has 1 unspecified atom stereocenters. The average Bonchev–Trinajstić information content (AvgIpc) is 2.50. The Morgan fingerprint density at radius 1 is 1.23 bits per heavy atom. The highest BCUT2D eigenvalue weighted by atomic mass is 19.1. The van der Waals surface area contributed by atoms with Crippen LogP contribution in [0.1, 0.15) is 22.7 Å². The monoisotopic (exact) mass is 301 g/mol. The lowest BCUT2D eigenvalue weighted by atomic mass is 10.0. The Hall–Kier alpha value is -2.20. The molecule has 22 heavy (non-hydrogen) atoms. The Kier molecular flexibility index (Phi) is 5.28. The average molecular weight is 301 g/mol. The number of aryl methyl sites for hydroxylation is 1. The highest BCUT2D eigenvalue weighted by molar-refractivity contribution is 5.75. The summed E-state index contributed by atoms with van der Waals surface area (Å²) in [6.07, 6.45) is 0.765. The first-order valence-corrected chi connectivity index (χ1v) is 7.22. The van der Waals surface area contributed by atoms with Gasteiger partial charge in [0.05, 0.1) is 0 Å². The predicted octanol–water partition coefficient (Wildman–Crippen LogP) is 3.43. The van der Waals surface area contributed by atoms with E-state index in [9.17, 15) is 14.3 Å². The summed E-state index contributed by atoms with van der Waals surface area (Å²) in [5.74, 6) is -1.25. The second-order valence-corrected chi connectivity index (χ2v) is 5.47. The standard InChI is InChI=1S/C18H20FNO2/c1-13-12-15(8-9-16(13)19)17(18(21)22)20(2)11-10-14-6-4-3-5-7-14/h3-9,12,17H,10-11H2,1-2H3,(H,21,22). The van der Waals surface area contributed by atoms with Crippen LogP contribution < -0.4 is 0 Å². The van der Waals surface area contributed by atoms with Gasteiger partial charge in [-0.2, -0.15) is 0 Å². The Bertz CT molecular complexity index is 643. The largest absolute Gasteiger partial charge is 0.480 e. The van der Waals surface area contributed by atoms with Crippen LogP contribution in [-0.2, 0) is 11.2 Å². The van der Waals surface area contributed by atoms with E-state index >= 15 is 0 Å². The molecule has 0 aliphatic heterocycles. The van der Waals surface area contributed by atoms with Crippen LogP contribution >= 0.6 is 0 Å². The van der Waals surface area contributed by atoms with E-state index in [-0.39, 0.29) is 5.82 Å². The van der Waals surface area contributed by atoms with Gasteiger partial charge in [0.2, 0.25) is 0 Å². The molecule has 0 spiro atoms. The van der Waals surface area contributed by atoms with E-state index in [1.807, 2.05) is 30.3 Å². The zero-order valence-corrected chi connectivity index (χ0v) is 12.8. The number of aliphatic carboxylic acids is 1. The molecule has 0 aliphatic rings. The molecule has 2 aromatic carbocycles. The number of carboxylic acid groups (broad SMARTS) is 1. The molecule has 116 valence electrons. The van der Waals surface area contributed by atoms with Gasteiger partial charge in [0.15, 0.2) is 0 Å².